The second kappa shape index (κ2) is 5.13. The smallest absolute Gasteiger partial charge is 0.364 e. The first-order valence-corrected chi connectivity index (χ1v) is 5.80. The summed E-state index contributed by atoms with van der Waals surface area (Å²) in [6, 6.07) is 5.99. The van der Waals surface area contributed by atoms with E-state index in [1.54, 1.807) is 0 Å². The Morgan fingerprint density at radius 3 is 2.50 bits per heavy atom. The topological polar surface area (TPSA) is 56.0 Å². The standard InChI is InChI=1S/C13H8ClF3N2O/c14-8-1-2-9(10(6-8)13(15,16)17)7-3-4-19-11(5-7)12(18)20/h1-6H,(H2,18,20). The van der Waals surface area contributed by atoms with E-state index in [4.69, 9.17) is 17.3 Å². The lowest BCUT2D eigenvalue weighted by Crippen LogP contribution is -2.13. The zero-order valence-electron chi connectivity index (χ0n) is 9.91. The minimum atomic E-state index is -4.56. The summed E-state index contributed by atoms with van der Waals surface area (Å²) in [4.78, 5) is 14.7. The number of hydrogen-bond donors (Lipinski definition) is 1. The van der Waals surface area contributed by atoms with Crippen molar-refractivity contribution in [2.45, 2.75) is 6.18 Å². The minimum Gasteiger partial charge on any atom is -0.364 e. The van der Waals surface area contributed by atoms with Crippen molar-refractivity contribution in [3.63, 3.8) is 0 Å². The van der Waals surface area contributed by atoms with E-state index in [0.29, 0.717) is 0 Å². The third kappa shape index (κ3) is 2.91. The Hall–Kier alpha value is -2.08. The molecule has 0 aliphatic carbocycles. The van der Waals surface area contributed by atoms with E-state index >= 15 is 0 Å². The molecule has 20 heavy (non-hydrogen) atoms. The molecule has 1 amide bonds. The fourth-order valence-corrected chi connectivity index (χ4v) is 1.91. The van der Waals surface area contributed by atoms with Gasteiger partial charge in [0.25, 0.3) is 5.91 Å². The van der Waals surface area contributed by atoms with Crippen molar-refractivity contribution >= 4 is 17.5 Å². The van der Waals surface area contributed by atoms with Crippen LogP contribution in [0.25, 0.3) is 11.1 Å². The van der Waals surface area contributed by atoms with Gasteiger partial charge in [0.2, 0.25) is 0 Å². The summed E-state index contributed by atoms with van der Waals surface area (Å²) >= 11 is 5.61. The SMILES string of the molecule is NC(=O)c1cc(-c2ccc(Cl)cc2C(F)(F)F)ccn1. The van der Waals surface area contributed by atoms with Crippen LogP contribution in [0.2, 0.25) is 5.02 Å². The van der Waals surface area contributed by atoms with Crippen LogP contribution in [0.4, 0.5) is 13.2 Å². The summed E-state index contributed by atoms with van der Waals surface area (Å²) in [6.07, 6.45) is -3.33. The number of alkyl halides is 3. The minimum absolute atomic E-state index is 0.0229. The molecule has 7 heteroatoms. The van der Waals surface area contributed by atoms with Crippen molar-refractivity contribution in [2.24, 2.45) is 5.73 Å². The fourth-order valence-electron chi connectivity index (χ4n) is 1.74. The zero-order chi connectivity index (χ0) is 14.9. The first-order chi connectivity index (χ1) is 9.29. The van der Waals surface area contributed by atoms with Crippen molar-refractivity contribution in [3.05, 3.63) is 52.8 Å². The van der Waals surface area contributed by atoms with Gasteiger partial charge in [0.1, 0.15) is 5.69 Å². The number of primary amides is 1. The van der Waals surface area contributed by atoms with Crippen molar-refractivity contribution in [1.82, 2.24) is 4.98 Å². The van der Waals surface area contributed by atoms with Crippen LogP contribution >= 0.6 is 11.6 Å². The van der Waals surface area contributed by atoms with Gasteiger partial charge in [0.05, 0.1) is 5.56 Å². The molecule has 2 aromatic rings. The molecule has 104 valence electrons. The molecule has 1 heterocycles. The van der Waals surface area contributed by atoms with Crippen LogP contribution in [0.5, 0.6) is 0 Å². The number of hydrogen-bond acceptors (Lipinski definition) is 2. The Morgan fingerprint density at radius 2 is 1.90 bits per heavy atom. The predicted octanol–water partition coefficient (Wildman–Crippen LogP) is 3.52. The molecule has 0 fully saturated rings. The predicted molar refractivity (Wildman–Crippen MR) is 68.2 cm³/mol. The molecule has 0 radical (unpaired) electrons. The summed E-state index contributed by atoms with van der Waals surface area (Å²) < 4.78 is 39.0. The van der Waals surface area contributed by atoms with E-state index in [9.17, 15) is 18.0 Å². The van der Waals surface area contributed by atoms with Crippen LogP contribution in [-0.2, 0) is 6.18 Å². The third-order valence-corrected chi connectivity index (χ3v) is 2.85. The van der Waals surface area contributed by atoms with Crippen molar-refractivity contribution < 1.29 is 18.0 Å². The van der Waals surface area contributed by atoms with E-state index in [1.807, 2.05) is 0 Å². The second-order valence-electron chi connectivity index (χ2n) is 3.98. The van der Waals surface area contributed by atoms with E-state index < -0.39 is 17.6 Å². The van der Waals surface area contributed by atoms with Crippen LogP contribution in [0.3, 0.4) is 0 Å². The van der Waals surface area contributed by atoms with E-state index in [1.165, 1.54) is 30.5 Å². The number of amides is 1. The highest BCUT2D eigenvalue weighted by molar-refractivity contribution is 6.30. The first kappa shape index (κ1) is 14.3. The number of pyridine rings is 1. The fraction of sp³-hybridized carbons (Fsp3) is 0.0769. The lowest BCUT2D eigenvalue weighted by Gasteiger charge is -2.13. The Bertz CT molecular complexity index is 671. The molecule has 1 aromatic heterocycles. The Labute approximate surface area is 117 Å². The van der Waals surface area contributed by atoms with Crippen LogP contribution < -0.4 is 5.73 Å². The lowest BCUT2D eigenvalue weighted by atomic mass is 9.99. The van der Waals surface area contributed by atoms with Gasteiger partial charge < -0.3 is 5.73 Å². The van der Waals surface area contributed by atoms with E-state index in [0.717, 1.165) is 6.07 Å². The molecule has 0 unspecified atom stereocenters. The van der Waals surface area contributed by atoms with Gasteiger partial charge in [-0.2, -0.15) is 13.2 Å². The molecular weight excluding hydrogens is 293 g/mol. The van der Waals surface area contributed by atoms with Crippen LogP contribution in [0, 0.1) is 0 Å². The molecule has 3 nitrogen and oxygen atoms in total. The summed E-state index contributed by atoms with van der Waals surface area (Å²) in [5, 5.41) is -0.0229. The van der Waals surface area contributed by atoms with E-state index in [-0.39, 0.29) is 21.8 Å². The van der Waals surface area contributed by atoms with Gasteiger partial charge >= 0.3 is 6.18 Å². The highest BCUT2D eigenvalue weighted by Crippen LogP contribution is 2.38. The normalized spacial score (nSPS) is 11.4. The maximum atomic E-state index is 13.0. The molecule has 2 N–H and O–H groups in total. The van der Waals surface area contributed by atoms with Gasteiger partial charge in [-0.15, -0.1) is 0 Å². The Balaban J connectivity index is 2.64. The summed E-state index contributed by atoms with van der Waals surface area (Å²) in [5.74, 6) is -0.811. The van der Waals surface area contributed by atoms with Gasteiger partial charge in [-0.05, 0) is 35.4 Å². The van der Waals surface area contributed by atoms with Gasteiger partial charge in [-0.1, -0.05) is 17.7 Å². The number of nitrogens with zero attached hydrogens (tertiary/aromatic N) is 1. The average Bonchev–Trinajstić information content (AvgIpc) is 2.37. The lowest BCUT2D eigenvalue weighted by molar-refractivity contribution is -0.137. The van der Waals surface area contributed by atoms with Crippen molar-refractivity contribution in [3.8, 4) is 11.1 Å². The number of rotatable bonds is 2. The van der Waals surface area contributed by atoms with Crippen molar-refractivity contribution in [1.29, 1.82) is 0 Å². The molecule has 0 aliphatic heterocycles. The average molecular weight is 301 g/mol. The van der Waals surface area contributed by atoms with E-state index in [2.05, 4.69) is 4.98 Å². The second-order valence-corrected chi connectivity index (χ2v) is 4.42. The van der Waals surface area contributed by atoms with Crippen LogP contribution in [-0.4, -0.2) is 10.9 Å². The largest absolute Gasteiger partial charge is 0.417 e. The Kier molecular flexibility index (Phi) is 3.67. The first-order valence-electron chi connectivity index (χ1n) is 5.42. The maximum Gasteiger partial charge on any atom is 0.417 e. The monoisotopic (exact) mass is 300 g/mol. The van der Waals surface area contributed by atoms with Crippen LogP contribution in [0.15, 0.2) is 36.5 Å². The zero-order valence-corrected chi connectivity index (χ0v) is 10.7. The quantitative estimate of drug-likeness (QED) is 0.922. The highest BCUT2D eigenvalue weighted by atomic mass is 35.5. The molecule has 0 saturated carbocycles. The molecule has 0 atom stereocenters. The van der Waals surface area contributed by atoms with Gasteiger partial charge in [-0.25, -0.2) is 0 Å². The van der Waals surface area contributed by atoms with Crippen LogP contribution in [0.1, 0.15) is 16.1 Å². The molecule has 0 bridgehead atoms. The number of carbonyl (C=O) groups is 1. The van der Waals surface area contributed by atoms with Gasteiger partial charge in [-0.3, -0.25) is 9.78 Å². The van der Waals surface area contributed by atoms with Crippen molar-refractivity contribution in [2.75, 3.05) is 0 Å². The molecule has 0 saturated heterocycles. The summed E-state index contributed by atoms with van der Waals surface area (Å²) in [7, 11) is 0. The number of carbonyl (C=O) groups excluding carboxylic acids is 1. The van der Waals surface area contributed by atoms with Gasteiger partial charge in [0.15, 0.2) is 0 Å². The number of aromatic nitrogens is 1. The molecule has 1 aromatic carbocycles. The maximum absolute atomic E-state index is 13.0. The summed E-state index contributed by atoms with van der Waals surface area (Å²) in [6.45, 7) is 0. The number of halogens is 4. The highest BCUT2D eigenvalue weighted by Gasteiger charge is 2.34. The third-order valence-electron chi connectivity index (χ3n) is 2.61. The molecule has 2 rings (SSSR count). The van der Waals surface area contributed by atoms with Gasteiger partial charge in [0, 0.05) is 11.2 Å². The molecular formula is C13H8ClF3N2O. The number of benzene rings is 1. The molecule has 0 aliphatic rings. The number of nitrogens with two attached hydrogens (primary N) is 1. The Morgan fingerprint density at radius 1 is 1.20 bits per heavy atom. The molecule has 0 spiro atoms. The summed E-state index contributed by atoms with van der Waals surface area (Å²) in [5.41, 5.74) is 4.18.